The van der Waals surface area contributed by atoms with Gasteiger partial charge in [-0.1, -0.05) is 42.0 Å². The molecular weight excluding hydrogens is 374 g/mol. The van der Waals surface area contributed by atoms with E-state index in [1.807, 2.05) is 46.4 Å². The summed E-state index contributed by atoms with van der Waals surface area (Å²) in [5, 5.41) is 4.97. The van der Waals surface area contributed by atoms with E-state index in [2.05, 4.69) is 41.5 Å². The van der Waals surface area contributed by atoms with E-state index in [0.29, 0.717) is 5.75 Å². The Kier molecular flexibility index (Phi) is 5.27. The number of nitrogens with zero attached hydrogens (tertiary/aromatic N) is 2. The van der Waals surface area contributed by atoms with Gasteiger partial charge in [0.2, 0.25) is 5.91 Å². The van der Waals surface area contributed by atoms with Crippen LogP contribution in [0.4, 0.5) is 5.69 Å². The fraction of sp³-hybridized carbons (Fsp3) is 0.143. The molecule has 136 valence electrons. The van der Waals surface area contributed by atoms with E-state index in [9.17, 15) is 4.79 Å². The molecule has 0 aliphatic rings. The van der Waals surface area contributed by atoms with E-state index >= 15 is 0 Å². The summed E-state index contributed by atoms with van der Waals surface area (Å²) in [7, 11) is 0. The first-order valence-electron chi connectivity index (χ1n) is 8.63. The largest absolute Gasteiger partial charge is 0.325 e. The van der Waals surface area contributed by atoms with E-state index in [4.69, 9.17) is 0 Å². The summed E-state index contributed by atoms with van der Waals surface area (Å²) in [4.78, 5) is 17.7. The monoisotopic (exact) mass is 393 g/mol. The molecule has 6 heteroatoms. The average molecular weight is 394 g/mol. The lowest BCUT2D eigenvalue weighted by Crippen LogP contribution is -2.14. The Morgan fingerprint density at radius 1 is 1.22 bits per heavy atom. The highest BCUT2D eigenvalue weighted by molar-refractivity contribution is 7.99. The van der Waals surface area contributed by atoms with Crippen molar-refractivity contribution in [2.45, 2.75) is 12.7 Å². The van der Waals surface area contributed by atoms with Gasteiger partial charge in [0.1, 0.15) is 0 Å². The van der Waals surface area contributed by atoms with Crippen molar-refractivity contribution in [3.8, 4) is 11.3 Å². The smallest absolute Gasteiger partial charge is 0.234 e. The molecule has 0 aliphatic heterocycles. The van der Waals surface area contributed by atoms with Crippen LogP contribution in [-0.2, 0) is 10.5 Å². The van der Waals surface area contributed by atoms with Gasteiger partial charge >= 0.3 is 0 Å². The number of aromatic nitrogens is 2. The van der Waals surface area contributed by atoms with Gasteiger partial charge in [-0.15, -0.1) is 23.1 Å². The zero-order chi connectivity index (χ0) is 18.6. The molecular formula is C21H19N3OS2. The van der Waals surface area contributed by atoms with Crippen molar-refractivity contribution >= 4 is 39.7 Å². The van der Waals surface area contributed by atoms with E-state index in [0.717, 1.165) is 27.7 Å². The second-order valence-corrected chi connectivity index (χ2v) is 8.18. The van der Waals surface area contributed by atoms with Crippen LogP contribution >= 0.6 is 23.1 Å². The molecule has 4 aromatic rings. The molecule has 2 aromatic heterocycles. The van der Waals surface area contributed by atoms with Gasteiger partial charge in [-0.3, -0.25) is 9.20 Å². The number of benzene rings is 2. The predicted octanol–water partition coefficient (Wildman–Crippen LogP) is 5.24. The van der Waals surface area contributed by atoms with Crippen LogP contribution in [0, 0.1) is 6.92 Å². The van der Waals surface area contributed by atoms with E-state index in [1.54, 1.807) is 23.1 Å². The number of carbonyl (C=O) groups is 1. The maximum atomic E-state index is 12.2. The number of thioether (sulfide) groups is 1. The van der Waals surface area contributed by atoms with Gasteiger partial charge in [-0.25, -0.2) is 4.98 Å². The molecule has 27 heavy (non-hydrogen) atoms. The number of imidazole rings is 1. The third kappa shape index (κ3) is 4.40. The molecule has 0 saturated heterocycles. The number of amides is 1. The Morgan fingerprint density at radius 2 is 2.07 bits per heavy atom. The molecule has 0 radical (unpaired) electrons. The summed E-state index contributed by atoms with van der Waals surface area (Å²) in [6.45, 7) is 2.08. The van der Waals surface area contributed by atoms with Gasteiger partial charge in [0.15, 0.2) is 4.96 Å². The van der Waals surface area contributed by atoms with Gasteiger partial charge in [0, 0.05) is 34.8 Å². The molecule has 4 rings (SSSR count). The molecule has 0 bridgehead atoms. The van der Waals surface area contributed by atoms with Gasteiger partial charge < -0.3 is 5.32 Å². The van der Waals surface area contributed by atoms with Crippen LogP contribution in [0.25, 0.3) is 16.2 Å². The minimum Gasteiger partial charge on any atom is -0.325 e. The van der Waals surface area contributed by atoms with Gasteiger partial charge in [0.25, 0.3) is 0 Å². The number of fused-ring (bicyclic) bond motifs is 1. The Balaban J connectivity index is 1.31. The Bertz CT molecular complexity index is 1040. The summed E-state index contributed by atoms with van der Waals surface area (Å²) < 4.78 is 2.02. The summed E-state index contributed by atoms with van der Waals surface area (Å²) >= 11 is 3.24. The molecule has 0 aliphatic carbocycles. The van der Waals surface area contributed by atoms with Crippen LogP contribution in [0.3, 0.4) is 0 Å². The quantitative estimate of drug-likeness (QED) is 0.487. The summed E-state index contributed by atoms with van der Waals surface area (Å²) in [6, 6.07) is 16.2. The first kappa shape index (κ1) is 17.8. The number of aryl methyl sites for hydroxylation is 1. The van der Waals surface area contributed by atoms with Crippen molar-refractivity contribution in [2.75, 3.05) is 11.1 Å². The van der Waals surface area contributed by atoms with Crippen LogP contribution in [0.5, 0.6) is 0 Å². The number of hydrogen-bond acceptors (Lipinski definition) is 4. The third-order valence-corrected chi connectivity index (χ3v) is 5.92. The number of nitrogens with one attached hydrogen (secondary N) is 1. The zero-order valence-corrected chi connectivity index (χ0v) is 16.5. The lowest BCUT2D eigenvalue weighted by Gasteiger charge is -2.06. The highest BCUT2D eigenvalue weighted by Crippen LogP contribution is 2.23. The van der Waals surface area contributed by atoms with Crippen LogP contribution in [0.2, 0.25) is 0 Å². The van der Waals surface area contributed by atoms with Crippen molar-refractivity contribution in [1.82, 2.24) is 9.38 Å². The topological polar surface area (TPSA) is 46.4 Å². The number of carbonyl (C=O) groups excluding carboxylic acids is 1. The minimum atomic E-state index is 0.0166. The highest BCUT2D eigenvalue weighted by Gasteiger charge is 2.07. The van der Waals surface area contributed by atoms with Crippen LogP contribution in [0.1, 0.15) is 11.1 Å². The van der Waals surface area contributed by atoms with Gasteiger partial charge in [-0.2, -0.15) is 0 Å². The summed E-state index contributed by atoms with van der Waals surface area (Å²) in [5.41, 5.74) is 5.28. The molecule has 0 spiro atoms. The Morgan fingerprint density at radius 3 is 2.85 bits per heavy atom. The summed E-state index contributed by atoms with van der Waals surface area (Å²) in [6.07, 6.45) is 4.01. The minimum absolute atomic E-state index is 0.0166. The first-order valence-corrected chi connectivity index (χ1v) is 10.7. The molecule has 0 atom stereocenters. The van der Waals surface area contributed by atoms with Crippen molar-refractivity contribution in [3.63, 3.8) is 0 Å². The zero-order valence-electron chi connectivity index (χ0n) is 14.9. The van der Waals surface area contributed by atoms with Crippen molar-refractivity contribution in [3.05, 3.63) is 77.4 Å². The molecule has 0 unspecified atom stereocenters. The molecule has 1 N–H and O–H groups in total. The van der Waals surface area contributed by atoms with Crippen molar-refractivity contribution in [1.29, 1.82) is 0 Å². The van der Waals surface area contributed by atoms with E-state index < -0.39 is 0 Å². The average Bonchev–Trinajstić information content (AvgIpc) is 3.24. The number of thiazole rings is 1. The second kappa shape index (κ2) is 7.98. The first-order chi connectivity index (χ1) is 13.2. The maximum Gasteiger partial charge on any atom is 0.234 e. The number of hydrogen-bond donors (Lipinski definition) is 1. The molecule has 2 heterocycles. The fourth-order valence-corrected chi connectivity index (χ4v) is 4.33. The highest BCUT2D eigenvalue weighted by atomic mass is 32.2. The number of rotatable bonds is 6. The molecule has 4 nitrogen and oxygen atoms in total. The van der Waals surface area contributed by atoms with Crippen LogP contribution < -0.4 is 5.32 Å². The van der Waals surface area contributed by atoms with Gasteiger partial charge in [-0.05, 0) is 24.6 Å². The van der Waals surface area contributed by atoms with E-state index in [1.165, 1.54) is 11.1 Å². The number of anilines is 1. The second-order valence-electron chi connectivity index (χ2n) is 6.33. The standard InChI is InChI=1S/C21H19N3OS2/c1-15-3-2-4-16(11-15)13-26-14-20(25)22-18-7-5-17(6-8-18)19-12-24-9-10-27-21(24)23-19/h2-12H,13-14H2,1H3,(H,22,25). The lowest BCUT2D eigenvalue weighted by atomic mass is 10.1. The third-order valence-electron chi connectivity index (χ3n) is 4.14. The fourth-order valence-electron chi connectivity index (χ4n) is 2.85. The maximum absolute atomic E-state index is 12.2. The Labute approximate surface area is 166 Å². The normalized spacial score (nSPS) is 11.0. The van der Waals surface area contributed by atoms with Gasteiger partial charge in [0.05, 0.1) is 11.4 Å². The lowest BCUT2D eigenvalue weighted by molar-refractivity contribution is -0.113. The Hall–Kier alpha value is -2.57. The van der Waals surface area contributed by atoms with Crippen molar-refractivity contribution in [2.24, 2.45) is 0 Å². The van der Waals surface area contributed by atoms with Crippen LogP contribution in [-0.4, -0.2) is 21.0 Å². The summed E-state index contributed by atoms with van der Waals surface area (Å²) in [5.74, 6) is 1.29. The SMILES string of the molecule is Cc1cccc(CSCC(=O)Nc2ccc(-c3cn4ccsc4n3)cc2)c1. The molecule has 0 fully saturated rings. The molecule has 2 aromatic carbocycles. The molecule has 1 amide bonds. The van der Waals surface area contributed by atoms with Crippen LogP contribution in [0.15, 0.2) is 66.3 Å². The molecule has 0 saturated carbocycles. The predicted molar refractivity (Wildman–Crippen MR) is 114 cm³/mol. The van der Waals surface area contributed by atoms with E-state index in [-0.39, 0.29) is 5.91 Å². The van der Waals surface area contributed by atoms with Crippen molar-refractivity contribution < 1.29 is 4.79 Å².